The van der Waals surface area contributed by atoms with Crippen LogP contribution < -0.4 is 10.2 Å². The Morgan fingerprint density at radius 1 is 1.36 bits per heavy atom. The van der Waals surface area contributed by atoms with E-state index in [1.54, 1.807) is 10.9 Å². The second kappa shape index (κ2) is 7.94. The van der Waals surface area contributed by atoms with E-state index in [4.69, 9.17) is 0 Å². The Balaban J connectivity index is 1.49. The maximum atomic E-state index is 12.2. The van der Waals surface area contributed by atoms with Gasteiger partial charge in [-0.15, -0.1) is 0 Å². The zero-order valence-corrected chi connectivity index (χ0v) is 14.2. The average Bonchev–Trinajstić information content (AvgIpc) is 3.25. The molecule has 0 spiro atoms. The third-order valence-corrected chi connectivity index (χ3v) is 4.25. The van der Waals surface area contributed by atoms with E-state index >= 15 is 0 Å². The number of aromatic nitrogens is 2. The highest BCUT2D eigenvalue weighted by Crippen LogP contribution is 2.21. The van der Waals surface area contributed by atoms with Crippen molar-refractivity contribution in [3.8, 4) is 0 Å². The average molecular weight is 342 g/mol. The lowest BCUT2D eigenvalue weighted by Crippen LogP contribution is -2.32. The van der Waals surface area contributed by atoms with Gasteiger partial charge in [-0.1, -0.05) is 18.2 Å². The zero-order valence-electron chi connectivity index (χ0n) is 14.2. The molecule has 25 heavy (non-hydrogen) atoms. The number of nitrogens with zero attached hydrogens (tertiary/aromatic N) is 3. The summed E-state index contributed by atoms with van der Waals surface area (Å²) in [7, 11) is 1.38. The van der Waals surface area contributed by atoms with Gasteiger partial charge in [-0.3, -0.25) is 14.3 Å². The van der Waals surface area contributed by atoms with Gasteiger partial charge < -0.3 is 15.0 Å². The van der Waals surface area contributed by atoms with E-state index in [-0.39, 0.29) is 17.9 Å². The number of anilines is 1. The van der Waals surface area contributed by atoms with E-state index in [9.17, 15) is 9.59 Å². The Morgan fingerprint density at radius 2 is 2.16 bits per heavy atom. The minimum Gasteiger partial charge on any atom is -0.469 e. The predicted molar refractivity (Wildman–Crippen MR) is 92.9 cm³/mol. The number of amides is 1. The fraction of sp³-hybridized carbons (Fsp3) is 0.389. The molecule has 2 heterocycles. The van der Waals surface area contributed by atoms with Crippen LogP contribution in [-0.4, -0.2) is 41.4 Å². The van der Waals surface area contributed by atoms with Crippen LogP contribution in [0.25, 0.3) is 0 Å². The summed E-state index contributed by atoms with van der Waals surface area (Å²) in [6.45, 7) is 1.80. The van der Waals surface area contributed by atoms with Crippen molar-refractivity contribution >= 4 is 17.6 Å². The van der Waals surface area contributed by atoms with Gasteiger partial charge in [0.05, 0.1) is 26.3 Å². The van der Waals surface area contributed by atoms with Crippen LogP contribution in [0.1, 0.15) is 18.4 Å². The highest BCUT2D eigenvalue weighted by Gasteiger charge is 2.30. The molecule has 1 aromatic carbocycles. The summed E-state index contributed by atoms with van der Waals surface area (Å²) in [6, 6.07) is 9.83. The fourth-order valence-electron chi connectivity index (χ4n) is 2.89. The minimum atomic E-state index is -0.249. The molecule has 1 amide bonds. The van der Waals surface area contributed by atoms with Crippen molar-refractivity contribution in [2.24, 2.45) is 0 Å². The molecule has 1 aromatic heterocycles. The van der Waals surface area contributed by atoms with Crippen LogP contribution in [0.15, 0.2) is 42.7 Å². The Kier molecular flexibility index (Phi) is 5.45. The molecule has 1 saturated heterocycles. The number of carbonyl (C=O) groups excluding carboxylic acids is 2. The number of nitrogens with one attached hydrogen (secondary N) is 1. The van der Waals surface area contributed by atoms with Gasteiger partial charge in [0.2, 0.25) is 5.91 Å². The zero-order chi connectivity index (χ0) is 17.6. The standard InChI is InChI=1S/C18H22N4O3/c1-25-18(24)7-8-21-12-14(11-20-21)10-19-15-9-17(23)22(13-15)16-5-3-2-4-6-16/h2-6,11-12,15,19H,7-10,13H2,1H3. The summed E-state index contributed by atoms with van der Waals surface area (Å²) in [5.74, 6) is -0.113. The van der Waals surface area contributed by atoms with Gasteiger partial charge in [0.15, 0.2) is 0 Å². The molecular formula is C18H22N4O3. The number of ether oxygens (including phenoxy) is 1. The number of carbonyl (C=O) groups is 2. The van der Waals surface area contributed by atoms with Crippen LogP contribution >= 0.6 is 0 Å². The first-order valence-corrected chi connectivity index (χ1v) is 8.32. The lowest BCUT2D eigenvalue weighted by molar-refractivity contribution is -0.140. The normalized spacial score (nSPS) is 17.1. The molecule has 1 unspecified atom stereocenters. The number of hydrogen-bond acceptors (Lipinski definition) is 5. The number of aryl methyl sites for hydroxylation is 1. The lowest BCUT2D eigenvalue weighted by atomic mass is 10.2. The van der Waals surface area contributed by atoms with E-state index in [1.807, 2.05) is 41.4 Å². The van der Waals surface area contributed by atoms with Gasteiger partial charge in [-0.25, -0.2) is 0 Å². The van der Waals surface area contributed by atoms with Crippen molar-refractivity contribution in [1.29, 1.82) is 0 Å². The topological polar surface area (TPSA) is 76.5 Å². The third-order valence-electron chi connectivity index (χ3n) is 4.25. The van der Waals surface area contributed by atoms with Crippen LogP contribution in [0.4, 0.5) is 5.69 Å². The molecule has 0 bridgehead atoms. The molecule has 1 atom stereocenters. The number of para-hydroxylation sites is 1. The second-order valence-corrected chi connectivity index (χ2v) is 6.06. The summed E-state index contributed by atoms with van der Waals surface area (Å²) in [4.78, 5) is 25.2. The Hall–Kier alpha value is -2.67. The molecule has 2 aromatic rings. The molecule has 3 rings (SSSR count). The molecule has 0 saturated carbocycles. The van der Waals surface area contributed by atoms with Crippen molar-refractivity contribution in [2.45, 2.75) is 32.0 Å². The molecule has 1 fully saturated rings. The summed E-state index contributed by atoms with van der Waals surface area (Å²) >= 11 is 0. The minimum absolute atomic E-state index is 0.117. The molecule has 7 heteroatoms. The van der Waals surface area contributed by atoms with Crippen LogP contribution in [0.2, 0.25) is 0 Å². The maximum Gasteiger partial charge on any atom is 0.307 e. The maximum absolute atomic E-state index is 12.2. The highest BCUT2D eigenvalue weighted by molar-refractivity contribution is 5.96. The fourth-order valence-corrected chi connectivity index (χ4v) is 2.89. The summed E-state index contributed by atoms with van der Waals surface area (Å²) in [5, 5.41) is 7.65. The van der Waals surface area contributed by atoms with Crippen LogP contribution in [0.3, 0.4) is 0 Å². The Labute approximate surface area is 146 Å². The van der Waals surface area contributed by atoms with E-state index in [1.165, 1.54) is 7.11 Å². The van der Waals surface area contributed by atoms with Gasteiger partial charge >= 0.3 is 5.97 Å². The van der Waals surface area contributed by atoms with E-state index in [0.717, 1.165) is 11.3 Å². The van der Waals surface area contributed by atoms with Crippen LogP contribution in [0.5, 0.6) is 0 Å². The smallest absolute Gasteiger partial charge is 0.307 e. The number of benzene rings is 1. The third kappa shape index (κ3) is 4.45. The molecule has 1 N–H and O–H groups in total. The summed E-state index contributed by atoms with van der Waals surface area (Å²) < 4.78 is 6.35. The SMILES string of the molecule is COC(=O)CCn1cc(CNC2CC(=O)N(c3ccccc3)C2)cn1. The van der Waals surface area contributed by atoms with Crippen LogP contribution in [-0.2, 0) is 27.4 Å². The molecule has 7 nitrogen and oxygen atoms in total. The number of hydrogen-bond donors (Lipinski definition) is 1. The highest BCUT2D eigenvalue weighted by atomic mass is 16.5. The quantitative estimate of drug-likeness (QED) is 0.769. The molecule has 0 aliphatic carbocycles. The monoisotopic (exact) mass is 342 g/mol. The molecule has 132 valence electrons. The van der Waals surface area contributed by atoms with Gasteiger partial charge in [-0.2, -0.15) is 5.10 Å². The largest absolute Gasteiger partial charge is 0.469 e. The first-order chi connectivity index (χ1) is 12.2. The molecule has 0 radical (unpaired) electrons. The predicted octanol–water partition coefficient (Wildman–Crippen LogP) is 1.34. The van der Waals surface area contributed by atoms with Gasteiger partial charge in [-0.05, 0) is 12.1 Å². The number of rotatable bonds is 7. The first-order valence-electron chi connectivity index (χ1n) is 8.32. The van der Waals surface area contributed by atoms with E-state index in [0.29, 0.717) is 32.5 Å². The van der Waals surface area contributed by atoms with E-state index < -0.39 is 0 Å². The van der Waals surface area contributed by atoms with Crippen molar-refractivity contribution in [3.05, 3.63) is 48.3 Å². The lowest BCUT2D eigenvalue weighted by Gasteiger charge is -2.17. The van der Waals surface area contributed by atoms with E-state index in [2.05, 4.69) is 15.2 Å². The van der Waals surface area contributed by atoms with Gasteiger partial charge in [0.25, 0.3) is 0 Å². The molecular weight excluding hydrogens is 320 g/mol. The second-order valence-electron chi connectivity index (χ2n) is 6.06. The van der Waals surface area contributed by atoms with Gasteiger partial charge in [0, 0.05) is 43.0 Å². The van der Waals surface area contributed by atoms with Crippen molar-refractivity contribution < 1.29 is 14.3 Å². The molecule has 1 aliphatic rings. The summed E-state index contributed by atoms with van der Waals surface area (Å²) in [6.07, 6.45) is 4.47. The van der Waals surface area contributed by atoms with Crippen LogP contribution in [0, 0.1) is 0 Å². The Morgan fingerprint density at radius 3 is 2.92 bits per heavy atom. The van der Waals surface area contributed by atoms with Crippen molar-refractivity contribution in [2.75, 3.05) is 18.6 Å². The Bertz CT molecular complexity index is 729. The van der Waals surface area contributed by atoms with Crippen molar-refractivity contribution in [1.82, 2.24) is 15.1 Å². The number of methoxy groups -OCH3 is 1. The molecule has 1 aliphatic heterocycles. The first kappa shape index (κ1) is 17.2. The number of esters is 1. The van der Waals surface area contributed by atoms with Crippen molar-refractivity contribution in [3.63, 3.8) is 0 Å². The van der Waals surface area contributed by atoms with Gasteiger partial charge in [0.1, 0.15) is 0 Å². The summed E-state index contributed by atoms with van der Waals surface area (Å²) in [5.41, 5.74) is 1.96.